The van der Waals surface area contributed by atoms with Crippen molar-refractivity contribution in [2.24, 2.45) is 5.92 Å². The molecule has 1 fully saturated rings. The molecule has 2 amide bonds. The number of likely N-dealkylation sites (N-methyl/N-ethyl adjacent to an activating group) is 1. The van der Waals surface area contributed by atoms with Gasteiger partial charge in [-0.25, -0.2) is 0 Å². The van der Waals surface area contributed by atoms with E-state index in [9.17, 15) is 14.4 Å². The first kappa shape index (κ1) is 22.1. The highest BCUT2D eigenvalue weighted by Gasteiger charge is 2.37. The number of rotatable bonds is 5. The molecule has 3 heterocycles. The molecule has 1 N–H and O–H groups in total. The molecular weight excluding hydrogens is 406 g/mol. The number of aromatic nitrogens is 1. The Kier molecular flexibility index (Phi) is 6.06. The van der Waals surface area contributed by atoms with Gasteiger partial charge in [0.05, 0.1) is 6.54 Å². The minimum absolute atomic E-state index is 0.0355. The first-order valence-corrected chi connectivity index (χ1v) is 11.0. The fourth-order valence-electron chi connectivity index (χ4n) is 4.77. The van der Waals surface area contributed by atoms with E-state index in [4.69, 9.17) is 0 Å². The van der Waals surface area contributed by atoms with E-state index in [0.29, 0.717) is 30.9 Å². The third kappa shape index (κ3) is 4.41. The van der Waals surface area contributed by atoms with E-state index in [-0.39, 0.29) is 35.8 Å². The molecule has 0 unspecified atom stereocenters. The quantitative estimate of drug-likeness (QED) is 0.770. The number of fused-ring (bicyclic) bond motifs is 4. The van der Waals surface area contributed by atoms with Gasteiger partial charge in [0.15, 0.2) is 0 Å². The van der Waals surface area contributed by atoms with Crippen LogP contribution in [0.15, 0.2) is 41.2 Å². The Hall–Kier alpha value is -3.13. The number of amides is 2. The minimum atomic E-state index is -0.208. The zero-order valence-corrected chi connectivity index (χ0v) is 19.2. The second-order valence-electron chi connectivity index (χ2n) is 9.32. The van der Waals surface area contributed by atoms with Crippen molar-refractivity contribution in [3.05, 3.63) is 58.0 Å². The lowest BCUT2D eigenvalue weighted by Gasteiger charge is -2.43. The summed E-state index contributed by atoms with van der Waals surface area (Å²) in [7, 11) is 7.57. The van der Waals surface area contributed by atoms with Crippen molar-refractivity contribution in [2.45, 2.75) is 18.9 Å². The summed E-state index contributed by atoms with van der Waals surface area (Å²) in [5.41, 5.74) is 2.83. The van der Waals surface area contributed by atoms with E-state index < -0.39 is 0 Å². The molecule has 2 atom stereocenters. The molecule has 2 aliphatic rings. The molecule has 0 radical (unpaired) electrons. The fourth-order valence-corrected chi connectivity index (χ4v) is 4.77. The summed E-state index contributed by atoms with van der Waals surface area (Å²) < 4.78 is 1.79. The average molecular weight is 438 g/mol. The number of nitrogens with zero attached hydrogens (tertiary/aromatic N) is 4. The number of carbonyl (C=O) groups excluding carboxylic acids is 2. The molecule has 1 aromatic heterocycles. The van der Waals surface area contributed by atoms with E-state index in [1.54, 1.807) is 15.5 Å². The minimum Gasteiger partial charge on any atom is -0.378 e. The summed E-state index contributed by atoms with van der Waals surface area (Å²) in [4.78, 5) is 44.0. The average Bonchev–Trinajstić information content (AvgIpc) is 2.75. The normalized spacial score (nSPS) is 19.5. The SMILES string of the molecule is CN(C)CC(=O)Nc1ccc2n(c1=O)C[C@H]1C[C@@H]2CN(C(=O)c2ccc(N(C)C)cc2)C1. The van der Waals surface area contributed by atoms with E-state index in [2.05, 4.69) is 5.32 Å². The van der Waals surface area contributed by atoms with Crippen LogP contribution in [-0.4, -0.2) is 74.0 Å². The van der Waals surface area contributed by atoms with Crippen LogP contribution in [0.3, 0.4) is 0 Å². The first-order chi connectivity index (χ1) is 15.2. The molecule has 4 rings (SSSR count). The van der Waals surface area contributed by atoms with Crippen molar-refractivity contribution in [1.29, 1.82) is 0 Å². The maximum atomic E-state index is 13.1. The summed E-state index contributed by atoms with van der Waals surface area (Å²) in [5, 5.41) is 2.74. The third-order valence-electron chi connectivity index (χ3n) is 6.26. The predicted octanol–water partition coefficient (Wildman–Crippen LogP) is 1.67. The third-order valence-corrected chi connectivity index (χ3v) is 6.26. The van der Waals surface area contributed by atoms with Crippen LogP contribution in [-0.2, 0) is 11.3 Å². The predicted molar refractivity (Wildman–Crippen MR) is 125 cm³/mol. The number of benzene rings is 1. The van der Waals surface area contributed by atoms with Crippen LogP contribution in [0.4, 0.5) is 11.4 Å². The van der Waals surface area contributed by atoms with Gasteiger partial charge in [-0.3, -0.25) is 14.4 Å². The van der Waals surface area contributed by atoms with Crippen LogP contribution in [0, 0.1) is 5.92 Å². The lowest BCUT2D eigenvalue weighted by Crippen LogP contribution is -2.49. The van der Waals surface area contributed by atoms with Crippen molar-refractivity contribution in [1.82, 2.24) is 14.4 Å². The van der Waals surface area contributed by atoms with Crippen LogP contribution >= 0.6 is 0 Å². The maximum absolute atomic E-state index is 13.1. The number of piperidine rings is 1. The maximum Gasteiger partial charge on any atom is 0.274 e. The van der Waals surface area contributed by atoms with Gasteiger partial charge in [-0.2, -0.15) is 0 Å². The highest BCUT2D eigenvalue weighted by Crippen LogP contribution is 2.36. The van der Waals surface area contributed by atoms with E-state index in [1.165, 1.54) is 0 Å². The summed E-state index contributed by atoms with van der Waals surface area (Å²) in [6, 6.07) is 11.3. The number of hydrogen-bond acceptors (Lipinski definition) is 5. The summed E-state index contributed by atoms with van der Waals surface area (Å²) in [6.45, 7) is 2.01. The molecule has 8 nitrogen and oxygen atoms in total. The van der Waals surface area contributed by atoms with Crippen LogP contribution in [0.2, 0.25) is 0 Å². The topological polar surface area (TPSA) is 77.9 Å². The molecule has 8 heteroatoms. The molecule has 1 aromatic carbocycles. The molecule has 0 saturated carbocycles. The highest BCUT2D eigenvalue weighted by molar-refractivity contribution is 5.94. The van der Waals surface area contributed by atoms with Crippen LogP contribution in [0.1, 0.15) is 28.4 Å². The van der Waals surface area contributed by atoms with Gasteiger partial charge in [-0.1, -0.05) is 0 Å². The number of nitrogens with one attached hydrogen (secondary N) is 1. The molecule has 2 bridgehead atoms. The molecule has 170 valence electrons. The van der Waals surface area contributed by atoms with E-state index in [1.807, 2.05) is 68.3 Å². The first-order valence-electron chi connectivity index (χ1n) is 11.0. The Balaban J connectivity index is 1.52. The van der Waals surface area contributed by atoms with Crippen LogP contribution in [0.25, 0.3) is 0 Å². The van der Waals surface area contributed by atoms with E-state index >= 15 is 0 Å². The Bertz CT molecular complexity index is 1070. The fraction of sp³-hybridized carbons (Fsp3) is 0.458. The lowest BCUT2D eigenvalue weighted by molar-refractivity contribution is -0.116. The van der Waals surface area contributed by atoms with Crippen molar-refractivity contribution in [2.75, 3.05) is 58.0 Å². The zero-order valence-electron chi connectivity index (χ0n) is 19.2. The van der Waals surface area contributed by atoms with Gasteiger partial charge >= 0.3 is 0 Å². The van der Waals surface area contributed by atoms with Crippen molar-refractivity contribution in [3.63, 3.8) is 0 Å². The molecule has 0 spiro atoms. The standard InChI is InChI=1S/C24H31N5O3/c1-26(2)15-22(30)25-20-9-10-21-18-11-16(13-29(21)24(20)32)12-28(14-18)23(31)17-5-7-19(8-6-17)27(3)4/h5-10,16,18H,11-15H2,1-4H3,(H,25,30)/t16-,18+/m0/s1. The Labute approximate surface area is 188 Å². The van der Waals surface area contributed by atoms with Gasteiger partial charge in [0.2, 0.25) is 5.91 Å². The van der Waals surface area contributed by atoms with Gasteiger partial charge in [-0.05, 0) is 62.8 Å². The van der Waals surface area contributed by atoms with Gasteiger partial charge in [0.25, 0.3) is 11.5 Å². The molecule has 2 aliphatic heterocycles. The molecule has 0 aliphatic carbocycles. The van der Waals surface area contributed by atoms with Crippen molar-refractivity contribution >= 4 is 23.2 Å². The molecular formula is C24H31N5O3. The second-order valence-corrected chi connectivity index (χ2v) is 9.32. The van der Waals surface area contributed by atoms with Crippen LogP contribution in [0.5, 0.6) is 0 Å². The van der Waals surface area contributed by atoms with Gasteiger partial charge in [0.1, 0.15) is 5.69 Å². The Morgan fingerprint density at radius 1 is 1.00 bits per heavy atom. The molecule has 1 saturated heterocycles. The van der Waals surface area contributed by atoms with Gasteiger partial charge < -0.3 is 24.6 Å². The van der Waals surface area contributed by atoms with Gasteiger partial charge in [0, 0.05) is 56.6 Å². The summed E-state index contributed by atoms with van der Waals surface area (Å²) in [5.74, 6) is 0.164. The molecule has 2 aromatic rings. The Morgan fingerprint density at radius 2 is 1.72 bits per heavy atom. The number of pyridine rings is 1. The number of hydrogen-bond donors (Lipinski definition) is 1. The monoisotopic (exact) mass is 437 g/mol. The Morgan fingerprint density at radius 3 is 2.38 bits per heavy atom. The van der Waals surface area contributed by atoms with Crippen molar-refractivity contribution in [3.8, 4) is 0 Å². The lowest BCUT2D eigenvalue weighted by atomic mass is 9.83. The molecule has 32 heavy (non-hydrogen) atoms. The smallest absolute Gasteiger partial charge is 0.274 e. The number of carbonyl (C=O) groups is 2. The summed E-state index contributed by atoms with van der Waals surface area (Å²) in [6.07, 6.45) is 0.967. The number of likely N-dealkylation sites (tertiary alicyclic amines) is 1. The summed E-state index contributed by atoms with van der Waals surface area (Å²) >= 11 is 0. The largest absolute Gasteiger partial charge is 0.378 e. The second kappa shape index (κ2) is 8.78. The van der Waals surface area contributed by atoms with Crippen LogP contribution < -0.4 is 15.8 Å². The van der Waals surface area contributed by atoms with Crippen molar-refractivity contribution < 1.29 is 9.59 Å². The van der Waals surface area contributed by atoms with E-state index in [0.717, 1.165) is 17.8 Å². The van der Waals surface area contributed by atoms with Gasteiger partial charge in [-0.15, -0.1) is 0 Å². The zero-order chi connectivity index (χ0) is 23.0. The highest BCUT2D eigenvalue weighted by atomic mass is 16.2. The number of anilines is 2.